The molecular formula is C29H22ClN3O. The maximum atomic E-state index is 13.3. The number of hydrogen-bond donors (Lipinski definition) is 0. The maximum Gasteiger partial charge on any atom is 0.231 e. The SMILES string of the molecule is Cc1c(C(=O)c2ccc(Cl)cn2)ncn1C(c1ccccc1)(c1ccccc1)c1ccccc1. The van der Waals surface area contributed by atoms with Crippen molar-refractivity contribution in [2.75, 3.05) is 0 Å². The average molecular weight is 464 g/mol. The van der Waals surface area contributed by atoms with Gasteiger partial charge < -0.3 is 4.57 Å². The minimum Gasteiger partial charge on any atom is -0.316 e. The zero-order valence-electron chi connectivity index (χ0n) is 18.6. The Hall–Kier alpha value is -4.02. The first-order valence-electron chi connectivity index (χ1n) is 11.0. The molecule has 0 aliphatic carbocycles. The number of halogens is 1. The van der Waals surface area contributed by atoms with Crippen LogP contribution in [0.15, 0.2) is 116 Å². The third kappa shape index (κ3) is 3.62. The number of carbonyl (C=O) groups is 1. The number of aromatic nitrogens is 3. The fourth-order valence-electron chi connectivity index (χ4n) is 4.56. The quantitative estimate of drug-likeness (QED) is 0.219. The van der Waals surface area contributed by atoms with E-state index in [0.29, 0.717) is 16.4 Å². The Morgan fingerprint density at radius 1 is 0.735 bits per heavy atom. The average Bonchev–Trinajstić information content (AvgIpc) is 3.28. The van der Waals surface area contributed by atoms with Crippen LogP contribution in [0.25, 0.3) is 0 Å². The normalized spacial score (nSPS) is 11.4. The van der Waals surface area contributed by atoms with Gasteiger partial charge in [0.05, 0.1) is 11.3 Å². The van der Waals surface area contributed by atoms with Gasteiger partial charge in [0, 0.05) is 11.9 Å². The van der Waals surface area contributed by atoms with E-state index in [0.717, 1.165) is 22.4 Å². The molecule has 2 aromatic heterocycles. The molecule has 0 fully saturated rings. The van der Waals surface area contributed by atoms with Crippen LogP contribution in [0.5, 0.6) is 0 Å². The molecule has 5 heteroatoms. The van der Waals surface area contributed by atoms with Crippen molar-refractivity contribution in [3.05, 3.63) is 154 Å². The summed E-state index contributed by atoms with van der Waals surface area (Å²) in [4.78, 5) is 22.2. The molecule has 0 amide bonds. The highest BCUT2D eigenvalue weighted by atomic mass is 35.5. The number of carbonyl (C=O) groups excluding carboxylic acids is 1. The third-order valence-corrected chi connectivity index (χ3v) is 6.34. The van der Waals surface area contributed by atoms with Crippen molar-refractivity contribution in [2.24, 2.45) is 0 Å². The predicted molar refractivity (Wildman–Crippen MR) is 134 cm³/mol. The van der Waals surface area contributed by atoms with Crippen LogP contribution < -0.4 is 0 Å². The molecule has 0 radical (unpaired) electrons. The molecule has 0 atom stereocenters. The molecular weight excluding hydrogens is 442 g/mol. The molecule has 3 aromatic carbocycles. The number of ketones is 1. The second kappa shape index (κ2) is 9.08. The second-order valence-electron chi connectivity index (χ2n) is 8.05. The van der Waals surface area contributed by atoms with Crippen LogP contribution in [0.1, 0.15) is 38.6 Å². The van der Waals surface area contributed by atoms with Gasteiger partial charge in [0.15, 0.2) is 0 Å². The van der Waals surface area contributed by atoms with Gasteiger partial charge >= 0.3 is 0 Å². The molecule has 0 saturated carbocycles. The summed E-state index contributed by atoms with van der Waals surface area (Å²) in [6.45, 7) is 1.93. The zero-order valence-corrected chi connectivity index (χ0v) is 19.4. The molecule has 34 heavy (non-hydrogen) atoms. The number of rotatable bonds is 6. The van der Waals surface area contributed by atoms with E-state index in [1.54, 1.807) is 18.5 Å². The molecule has 5 rings (SSSR count). The molecule has 0 bridgehead atoms. The van der Waals surface area contributed by atoms with Crippen LogP contribution in [-0.4, -0.2) is 20.3 Å². The Labute approximate surface area is 203 Å². The standard InChI is InChI=1S/C29H22ClN3O/c1-21-27(28(34)26-18-17-25(30)19-31-26)32-20-33(21)29(22-11-5-2-6-12-22,23-13-7-3-8-14-23)24-15-9-4-10-16-24/h2-20H,1H3. The van der Waals surface area contributed by atoms with Crippen molar-refractivity contribution in [1.82, 2.24) is 14.5 Å². The second-order valence-corrected chi connectivity index (χ2v) is 8.48. The van der Waals surface area contributed by atoms with Gasteiger partial charge in [0.1, 0.15) is 16.9 Å². The fourth-order valence-corrected chi connectivity index (χ4v) is 4.67. The molecule has 0 saturated heterocycles. The zero-order chi connectivity index (χ0) is 23.5. The van der Waals surface area contributed by atoms with Crippen LogP contribution in [-0.2, 0) is 5.54 Å². The first kappa shape index (κ1) is 21.8. The first-order valence-corrected chi connectivity index (χ1v) is 11.4. The predicted octanol–water partition coefficient (Wildman–Crippen LogP) is 6.31. The van der Waals surface area contributed by atoms with Crippen LogP contribution >= 0.6 is 11.6 Å². The van der Waals surface area contributed by atoms with Gasteiger partial charge in [0.2, 0.25) is 5.78 Å². The van der Waals surface area contributed by atoms with E-state index in [-0.39, 0.29) is 5.78 Å². The monoisotopic (exact) mass is 463 g/mol. The van der Waals surface area contributed by atoms with Crippen molar-refractivity contribution >= 4 is 17.4 Å². The maximum absolute atomic E-state index is 13.3. The lowest BCUT2D eigenvalue weighted by atomic mass is 9.76. The summed E-state index contributed by atoms with van der Waals surface area (Å²) in [6, 6.07) is 34.2. The number of imidazole rings is 1. The lowest BCUT2D eigenvalue weighted by molar-refractivity contribution is 0.102. The largest absolute Gasteiger partial charge is 0.316 e. The lowest BCUT2D eigenvalue weighted by Crippen LogP contribution is -2.38. The van der Waals surface area contributed by atoms with Gasteiger partial charge in [-0.3, -0.25) is 9.78 Å². The molecule has 0 N–H and O–H groups in total. The topological polar surface area (TPSA) is 47.8 Å². The summed E-state index contributed by atoms with van der Waals surface area (Å²) in [5.74, 6) is -0.240. The molecule has 5 aromatic rings. The Bertz CT molecular complexity index is 1320. The smallest absolute Gasteiger partial charge is 0.231 e. The minimum atomic E-state index is -0.729. The summed E-state index contributed by atoms with van der Waals surface area (Å²) >= 11 is 5.97. The molecule has 2 heterocycles. The van der Waals surface area contributed by atoms with Gasteiger partial charge in [0.25, 0.3) is 0 Å². The van der Waals surface area contributed by atoms with E-state index >= 15 is 0 Å². The summed E-state index contributed by atoms with van der Waals surface area (Å²) in [5.41, 5.74) is 3.89. The Morgan fingerprint density at radius 3 is 1.68 bits per heavy atom. The Kier molecular flexibility index (Phi) is 5.83. The summed E-state index contributed by atoms with van der Waals surface area (Å²) in [6.07, 6.45) is 3.23. The molecule has 0 unspecified atom stereocenters. The van der Waals surface area contributed by atoms with Crippen molar-refractivity contribution in [3.8, 4) is 0 Å². The summed E-state index contributed by atoms with van der Waals surface area (Å²) < 4.78 is 2.09. The lowest BCUT2D eigenvalue weighted by Gasteiger charge is -2.38. The van der Waals surface area contributed by atoms with Crippen LogP contribution in [0.4, 0.5) is 0 Å². The number of pyridine rings is 1. The minimum absolute atomic E-state index is 0.240. The van der Waals surface area contributed by atoms with E-state index in [1.807, 2.05) is 61.5 Å². The van der Waals surface area contributed by atoms with Gasteiger partial charge in [-0.25, -0.2) is 4.98 Å². The molecule has 0 spiro atoms. The third-order valence-electron chi connectivity index (χ3n) is 6.12. The van der Waals surface area contributed by atoms with Crippen molar-refractivity contribution in [3.63, 3.8) is 0 Å². The van der Waals surface area contributed by atoms with Gasteiger partial charge in [-0.05, 0) is 35.7 Å². The van der Waals surface area contributed by atoms with Crippen molar-refractivity contribution in [2.45, 2.75) is 12.5 Å². The molecule has 0 aliphatic rings. The van der Waals surface area contributed by atoms with E-state index in [4.69, 9.17) is 11.6 Å². The summed E-state index contributed by atoms with van der Waals surface area (Å²) in [7, 11) is 0. The van der Waals surface area contributed by atoms with Crippen molar-refractivity contribution < 1.29 is 4.79 Å². The Morgan fingerprint density at radius 2 is 1.24 bits per heavy atom. The van der Waals surface area contributed by atoms with Gasteiger partial charge in [-0.15, -0.1) is 0 Å². The highest BCUT2D eigenvalue weighted by molar-refractivity contribution is 6.30. The number of benzene rings is 3. The van der Waals surface area contributed by atoms with E-state index < -0.39 is 5.54 Å². The highest BCUT2D eigenvalue weighted by Gasteiger charge is 2.40. The Balaban J connectivity index is 1.79. The van der Waals surface area contributed by atoms with E-state index in [2.05, 4.69) is 50.9 Å². The van der Waals surface area contributed by atoms with Gasteiger partial charge in [-0.1, -0.05) is 103 Å². The van der Waals surface area contributed by atoms with Crippen LogP contribution in [0, 0.1) is 6.92 Å². The summed E-state index contributed by atoms with van der Waals surface area (Å²) in [5, 5.41) is 0.482. The molecule has 166 valence electrons. The number of nitrogens with zero attached hydrogens (tertiary/aromatic N) is 3. The fraction of sp³-hybridized carbons (Fsp3) is 0.0690. The molecule has 0 aliphatic heterocycles. The molecule has 4 nitrogen and oxygen atoms in total. The van der Waals surface area contributed by atoms with E-state index in [1.165, 1.54) is 6.20 Å². The van der Waals surface area contributed by atoms with Crippen LogP contribution in [0.3, 0.4) is 0 Å². The van der Waals surface area contributed by atoms with Crippen molar-refractivity contribution in [1.29, 1.82) is 0 Å². The van der Waals surface area contributed by atoms with Crippen LogP contribution in [0.2, 0.25) is 5.02 Å². The number of hydrogen-bond acceptors (Lipinski definition) is 3. The van der Waals surface area contributed by atoms with E-state index in [9.17, 15) is 4.79 Å². The van der Waals surface area contributed by atoms with Gasteiger partial charge in [-0.2, -0.15) is 0 Å². The highest BCUT2D eigenvalue weighted by Crippen LogP contribution is 2.41. The first-order chi connectivity index (χ1) is 16.6.